The van der Waals surface area contributed by atoms with Gasteiger partial charge in [0.2, 0.25) is 5.95 Å². The van der Waals surface area contributed by atoms with Crippen LogP contribution in [-0.2, 0) is 12.8 Å². The molecule has 0 fully saturated rings. The van der Waals surface area contributed by atoms with Gasteiger partial charge in [-0.3, -0.25) is 0 Å². The van der Waals surface area contributed by atoms with Gasteiger partial charge in [0.15, 0.2) is 5.82 Å². The molecule has 1 aliphatic carbocycles. The fraction of sp³-hybridized carbons (Fsp3) is 0.333. The number of fused-ring (bicyclic) bond motifs is 1. The van der Waals surface area contributed by atoms with E-state index >= 15 is 0 Å². The predicted molar refractivity (Wildman–Crippen MR) is 64.3 cm³/mol. The van der Waals surface area contributed by atoms with Gasteiger partial charge in [0.1, 0.15) is 0 Å². The summed E-state index contributed by atoms with van der Waals surface area (Å²) in [4.78, 5) is 1.34. The zero-order valence-corrected chi connectivity index (χ0v) is 9.42. The van der Waals surface area contributed by atoms with Crippen molar-refractivity contribution in [2.45, 2.75) is 19.3 Å². The Bertz CT molecular complexity index is 555. The predicted octanol–water partition coefficient (Wildman–Crippen LogP) is 0.373. The molecule has 0 aromatic carbocycles. The van der Waals surface area contributed by atoms with Crippen molar-refractivity contribution in [3.63, 3.8) is 0 Å². The summed E-state index contributed by atoms with van der Waals surface area (Å²) < 4.78 is 1.29. The maximum absolute atomic E-state index is 6.00. The van der Waals surface area contributed by atoms with Gasteiger partial charge in [0, 0.05) is 4.88 Å². The van der Waals surface area contributed by atoms with E-state index in [1.165, 1.54) is 21.5 Å². The van der Waals surface area contributed by atoms with E-state index in [4.69, 9.17) is 17.3 Å². The van der Waals surface area contributed by atoms with Crippen LogP contribution in [0.25, 0.3) is 11.4 Å². The maximum atomic E-state index is 6.00. The summed E-state index contributed by atoms with van der Waals surface area (Å²) >= 11 is 1.62. The van der Waals surface area contributed by atoms with Gasteiger partial charge in [-0.15, -0.1) is 21.5 Å². The van der Waals surface area contributed by atoms with Crippen LogP contribution in [0.3, 0.4) is 0 Å². The first-order valence-corrected chi connectivity index (χ1v) is 5.86. The molecular formula is C9H12N6S. The Hall–Kier alpha value is -1.76. The number of nitrogens with zero attached hydrogens (tertiary/aromatic N) is 3. The van der Waals surface area contributed by atoms with Crippen molar-refractivity contribution in [3.05, 3.63) is 10.4 Å². The molecule has 0 radical (unpaired) electrons. The number of anilines is 2. The third-order valence-corrected chi connectivity index (χ3v) is 4.02. The highest BCUT2D eigenvalue weighted by atomic mass is 32.1. The zero-order chi connectivity index (χ0) is 11.3. The van der Waals surface area contributed by atoms with E-state index in [9.17, 15) is 0 Å². The van der Waals surface area contributed by atoms with Crippen molar-refractivity contribution in [1.82, 2.24) is 14.9 Å². The molecule has 6 N–H and O–H groups in total. The Morgan fingerprint density at radius 2 is 2.00 bits per heavy atom. The first kappa shape index (κ1) is 9.46. The number of aryl methyl sites for hydroxylation is 1. The van der Waals surface area contributed by atoms with Crippen molar-refractivity contribution >= 4 is 22.3 Å². The van der Waals surface area contributed by atoms with Crippen LogP contribution in [0, 0.1) is 0 Å². The molecule has 7 heteroatoms. The van der Waals surface area contributed by atoms with E-state index in [2.05, 4.69) is 10.2 Å². The molecule has 16 heavy (non-hydrogen) atoms. The molecule has 84 valence electrons. The fourth-order valence-corrected chi connectivity index (χ4v) is 3.30. The van der Waals surface area contributed by atoms with Crippen LogP contribution in [0.2, 0.25) is 0 Å². The molecule has 0 aliphatic heterocycles. The van der Waals surface area contributed by atoms with Crippen LogP contribution in [0.5, 0.6) is 0 Å². The van der Waals surface area contributed by atoms with Gasteiger partial charge >= 0.3 is 0 Å². The number of thiophene rings is 1. The minimum atomic E-state index is 0.201. The summed E-state index contributed by atoms with van der Waals surface area (Å²) in [6.07, 6.45) is 3.30. The van der Waals surface area contributed by atoms with Crippen LogP contribution in [0.4, 0.5) is 10.9 Å². The van der Waals surface area contributed by atoms with E-state index in [0.717, 1.165) is 23.4 Å². The number of aromatic nitrogens is 3. The molecule has 3 rings (SSSR count). The first-order valence-electron chi connectivity index (χ1n) is 5.05. The lowest BCUT2D eigenvalue weighted by atomic mass is 10.1. The van der Waals surface area contributed by atoms with Gasteiger partial charge in [0.05, 0.1) is 10.6 Å². The SMILES string of the molecule is Nc1sc2c(c1-c1nnc(N)n1N)CCC2. The first-order chi connectivity index (χ1) is 7.68. The van der Waals surface area contributed by atoms with Crippen molar-refractivity contribution in [2.75, 3.05) is 17.3 Å². The molecule has 2 aromatic heterocycles. The molecule has 0 spiro atoms. The minimum absolute atomic E-state index is 0.201. The number of nitrogen functional groups attached to an aromatic ring is 3. The second-order valence-corrected chi connectivity index (χ2v) is 4.99. The number of hydrogen-bond donors (Lipinski definition) is 3. The monoisotopic (exact) mass is 236 g/mol. The minimum Gasteiger partial charge on any atom is -0.390 e. The highest BCUT2D eigenvalue weighted by molar-refractivity contribution is 7.16. The Kier molecular flexibility index (Phi) is 1.84. The quantitative estimate of drug-likeness (QED) is 0.620. The van der Waals surface area contributed by atoms with Crippen LogP contribution < -0.4 is 17.3 Å². The van der Waals surface area contributed by atoms with Crippen LogP contribution in [0.1, 0.15) is 16.9 Å². The highest BCUT2D eigenvalue weighted by Crippen LogP contribution is 2.42. The standard InChI is InChI=1S/C9H12N6S/c10-7-6(4-2-1-3-5(4)16-7)8-13-14-9(11)15(8)12/h1-3,10,12H2,(H2,11,14). The molecular weight excluding hydrogens is 224 g/mol. The summed E-state index contributed by atoms with van der Waals surface area (Å²) in [7, 11) is 0. The lowest BCUT2D eigenvalue weighted by Crippen LogP contribution is -2.13. The Morgan fingerprint density at radius 3 is 2.69 bits per heavy atom. The van der Waals surface area contributed by atoms with Gasteiger partial charge in [-0.1, -0.05) is 0 Å². The van der Waals surface area contributed by atoms with Crippen molar-refractivity contribution in [3.8, 4) is 11.4 Å². The van der Waals surface area contributed by atoms with Gasteiger partial charge in [-0.25, -0.2) is 4.68 Å². The topological polar surface area (TPSA) is 109 Å². The second-order valence-electron chi connectivity index (χ2n) is 3.85. The third kappa shape index (κ3) is 1.12. The molecule has 0 atom stereocenters. The average molecular weight is 236 g/mol. The van der Waals surface area contributed by atoms with Crippen molar-refractivity contribution in [2.24, 2.45) is 0 Å². The van der Waals surface area contributed by atoms with Crippen LogP contribution >= 0.6 is 11.3 Å². The average Bonchev–Trinajstić information content (AvgIpc) is 2.87. The Labute approximate surface area is 96.0 Å². The Morgan fingerprint density at radius 1 is 1.19 bits per heavy atom. The summed E-state index contributed by atoms with van der Waals surface area (Å²) in [6, 6.07) is 0. The largest absolute Gasteiger partial charge is 0.390 e. The highest BCUT2D eigenvalue weighted by Gasteiger charge is 2.25. The van der Waals surface area contributed by atoms with E-state index in [1.807, 2.05) is 0 Å². The van der Waals surface area contributed by atoms with Crippen LogP contribution in [-0.4, -0.2) is 14.9 Å². The number of hydrogen-bond acceptors (Lipinski definition) is 6. The summed E-state index contributed by atoms with van der Waals surface area (Å²) in [5.41, 5.74) is 13.8. The molecule has 0 saturated heterocycles. The lowest BCUT2D eigenvalue weighted by molar-refractivity contribution is 0.913. The smallest absolute Gasteiger partial charge is 0.241 e. The molecule has 0 amide bonds. The molecule has 2 aromatic rings. The fourth-order valence-electron chi connectivity index (χ4n) is 2.14. The molecule has 0 bridgehead atoms. The van der Waals surface area contributed by atoms with E-state index in [0.29, 0.717) is 5.82 Å². The molecule has 0 saturated carbocycles. The summed E-state index contributed by atoms with van der Waals surface area (Å²) in [6.45, 7) is 0. The van der Waals surface area contributed by atoms with Gasteiger partial charge in [-0.05, 0) is 24.8 Å². The second kappa shape index (κ2) is 3.11. The van der Waals surface area contributed by atoms with Crippen molar-refractivity contribution in [1.29, 1.82) is 0 Å². The number of rotatable bonds is 1. The third-order valence-electron chi connectivity index (χ3n) is 2.89. The van der Waals surface area contributed by atoms with Crippen LogP contribution in [0.15, 0.2) is 0 Å². The molecule has 2 heterocycles. The maximum Gasteiger partial charge on any atom is 0.241 e. The number of nitrogens with two attached hydrogens (primary N) is 3. The normalized spacial score (nSPS) is 14.2. The molecule has 0 unspecified atom stereocenters. The van der Waals surface area contributed by atoms with E-state index in [-0.39, 0.29) is 5.95 Å². The lowest BCUT2D eigenvalue weighted by Gasteiger charge is -2.02. The van der Waals surface area contributed by atoms with E-state index in [1.54, 1.807) is 11.3 Å². The van der Waals surface area contributed by atoms with Gasteiger partial charge < -0.3 is 17.3 Å². The van der Waals surface area contributed by atoms with Gasteiger partial charge in [-0.2, -0.15) is 0 Å². The summed E-state index contributed by atoms with van der Waals surface area (Å²) in [5.74, 6) is 6.54. The van der Waals surface area contributed by atoms with Gasteiger partial charge in [0.25, 0.3) is 0 Å². The molecule has 6 nitrogen and oxygen atoms in total. The Balaban J connectivity index is 2.23. The molecule has 1 aliphatic rings. The summed E-state index contributed by atoms with van der Waals surface area (Å²) in [5, 5.41) is 8.49. The van der Waals surface area contributed by atoms with E-state index < -0.39 is 0 Å². The zero-order valence-electron chi connectivity index (χ0n) is 8.60. The van der Waals surface area contributed by atoms with Crippen molar-refractivity contribution < 1.29 is 0 Å².